The van der Waals surface area contributed by atoms with Crippen LogP contribution in [0.5, 0.6) is 23.0 Å². The van der Waals surface area contributed by atoms with Gasteiger partial charge in [0.05, 0.1) is 25.0 Å². The van der Waals surface area contributed by atoms with Gasteiger partial charge in [-0.3, -0.25) is 14.4 Å². The lowest BCUT2D eigenvalue weighted by Gasteiger charge is -2.55. The van der Waals surface area contributed by atoms with E-state index in [-0.39, 0.29) is 28.5 Å². The molecule has 2 aromatic rings. The van der Waals surface area contributed by atoms with Crippen molar-refractivity contribution in [2.75, 3.05) is 14.2 Å². The van der Waals surface area contributed by atoms with Gasteiger partial charge in [0, 0.05) is 6.08 Å². The lowest BCUT2D eigenvalue weighted by Crippen LogP contribution is -2.51. The van der Waals surface area contributed by atoms with Crippen LogP contribution in [0.15, 0.2) is 60.4 Å². The van der Waals surface area contributed by atoms with E-state index in [0.29, 0.717) is 69.6 Å². The van der Waals surface area contributed by atoms with Crippen LogP contribution in [0.1, 0.15) is 88.2 Å². The molecule has 8 bridgehead atoms. The summed E-state index contributed by atoms with van der Waals surface area (Å²) in [5, 5.41) is 10.5. The summed E-state index contributed by atoms with van der Waals surface area (Å²) in [7, 11) is 3.06. The van der Waals surface area contributed by atoms with Crippen LogP contribution in [0.25, 0.3) is 12.2 Å². The molecule has 10 rings (SSSR count). The van der Waals surface area contributed by atoms with E-state index in [1.165, 1.54) is 64.9 Å². The molecule has 8 nitrogen and oxygen atoms in total. The molecule has 8 aliphatic rings. The summed E-state index contributed by atoms with van der Waals surface area (Å²) in [6.45, 7) is 0. The third-order valence-electron chi connectivity index (χ3n) is 12.9. The molecule has 0 saturated heterocycles. The number of aliphatic hydroxyl groups excluding tert-OH is 1. The highest BCUT2D eigenvalue weighted by molar-refractivity contribution is 6.02. The molecule has 0 atom stereocenters. The van der Waals surface area contributed by atoms with Crippen LogP contribution in [-0.2, 0) is 14.4 Å². The van der Waals surface area contributed by atoms with E-state index in [9.17, 15) is 19.5 Å². The molecule has 0 unspecified atom stereocenters. The van der Waals surface area contributed by atoms with Gasteiger partial charge in [-0.15, -0.1) is 0 Å². The van der Waals surface area contributed by atoms with Crippen molar-refractivity contribution in [3.8, 4) is 23.0 Å². The number of ketones is 1. The number of aliphatic hydroxyl groups is 1. The molecular weight excluding hydrogens is 644 g/mol. The van der Waals surface area contributed by atoms with Gasteiger partial charge in [0.1, 0.15) is 5.76 Å². The highest BCUT2D eigenvalue weighted by Gasteiger charge is 2.57. The van der Waals surface area contributed by atoms with Gasteiger partial charge < -0.3 is 24.1 Å². The summed E-state index contributed by atoms with van der Waals surface area (Å²) in [5.74, 6) is 4.58. The van der Waals surface area contributed by atoms with Crippen molar-refractivity contribution in [3.63, 3.8) is 0 Å². The number of carbonyl (C=O) groups is 3. The van der Waals surface area contributed by atoms with Crippen molar-refractivity contribution in [3.05, 3.63) is 71.5 Å². The van der Waals surface area contributed by atoms with Crippen LogP contribution in [0, 0.1) is 46.3 Å². The third kappa shape index (κ3) is 6.74. The van der Waals surface area contributed by atoms with Gasteiger partial charge in [0.2, 0.25) is 0 Å². The molecular formula is C43H48O8. The van der Waals surface area contributed by atoms with Gasteiger partial charge in [0.25, 0.3) is 0 Å². The van der Waals surface area contributed by atoms with Crippen molar-refractivity contribution < 1.29 is 38.4 Å². The van der Waals surface area contributed by atoms with Crippen LogP contribution >= 0.6 is 0 Å². The van der Waals surface area contributed by atoms with Crippen molar-refractivity contribution in [2.24, 2.45) is 46.3 Å². The van der Waals surface area contributed by atoms with Gasteiger partial charge in [-0.2, -0.15) is 0 Å². The van der Waals surface area contributed by atoms with E-state index < -0.39 is 5.78 Å². The predicted octanol–water partition coefficient (Wildman–Crippen LogP) is 8.69. The Hall–Kier alpha value is -4.33. The van der Waals surface area contributed by atoms with E-state index in [2.05, 4.69) is 0 Å². The highest BCUT2D eigenvalue weighted by atomic mass is 16.6. The van der Waals surface area contributed by atoms with Crippen LogP contribution < -0.4 is 18.9 Å². The fraction of sp³-hybridized carbons (Fsp3) is 0.512. The van der Waals surface area contributed by atoms with Crippen molar-refractivity contribution in [2.45, 2.75) is 77.0 Å². The number of methoxy groups -OCH3 is 2. The fourth-order valence-electron chi connectivity index (χ4n) is 11.5. The zero-order valence-electron chi connectivity index (χ0n) is 29.6. The Morgan fingerprint density at radius 2 is 0.961 bits per heavy atom. The molecule has 1 N–H and O–H groups in total. The van der Waals surface area contributed by atoms with E-state index in [1.807, 2.05) is 0 Å². The Kier molecular flexibility index (Phi) is 8.84. The zero-order valence-corrected chi connectivity index (χ0v) is 29.6. The fourth-order valence-corrected chi connectivity index (χ4v) is 11.5. The minimum absolute atomic E-state index is 0.138. The first-order valence-corrected chi connectivity index (χ1v) is 18.7. The van der Waals surface area contributed by atoms with Gasteiger partial charge in [-0.1, -0.05) is 24.3 Å². The van der Waals surface area contributed by atoms with Crippen molar-refractivity contribution in [1.82, 2.24) is 0 Å². The summed E-state index contributed by atoms with van der Waals surface area (Å²) >= 11 is 0. The minimum Gasteiger partial charge on any atom is -0.508 e. The maximum Gasteiger partial charge on any atom is 0.317 e. The number of hydrogen-bond acceptors (Lipinski definition) is 8. The smallest absolute Gasteiger partial charge is 0.317 e. The number of benzene rings is 2. The molecule has 0 aliphatic heterocycles. The summed E-state index contributed by atoms with van der Waals surface area (Å²) in [6, 6.07) is 10.5. The van der Waals surface area contributed by atoms with E-state index >= 15 is 0 Å². The topological polar surface area (TPSA) is 108 Å². The summed E-state index contributed by atoms with van der Waals surface area (Å²) in [5.41, 5.74) is 0.661. The normalized spacial score (nSPS) is 33.2. The van der Waals surface area contributed by atoms with Crippen LogP contribution in [0.4, 0.5) is 0 Å². The second kappa shape index (κ2) is 13.3. The molecule has 8 aliphatic carbocycles. The Morgan fingerprint density at radius 1 is 0.588 bits per heavy atom. The van der Waals surface area contributed by atoms with Crippen molar-refractivity contribution in [1.29, 1.82) is 0 Å². The largest absolute Gasteiger partial charge is 0.508 e. The SMILES string of the molecule is COc1cc(/C=C/C(=O)/C=C(O)/C=C/c2ccc(OC(=O)C34CC5CC(CC(C5)C3)C4)c(OC)c2)ccc1OC(=O)C12CC3CC(CC(C3)C1)C2. The maximum absolute atomic E-state index is 13.5. The Bertz CT molecular complexity index is 1740. The molecule has 2 aromatic carbocycles. The summed E-state index contributed by atoms with van der Waals surface area (Å²) in [6.07, 6.45) is 20.3. The number of rotatable bonds is 11. The lowest BCUT2D eigenvalue weighted by atomic mass is 9.49. The molecule has 0 radical (unpaired) electrons. The van der Waals surface area contributed by atoms with Crippen LogP contribution in [0.2, 0.25) is 0 Å². The monoisotopic (exact) mass is 692 g/mol. The Morgan fingerprint density at radius 3 is 1.33 bits per heavy atom. The summed E-state index contributed by atoms with van der Waals surface area (Å²) in [4.78, 5) is 39.6. The number of esters is 2. The average Bonchev–Trinajstić information content (AvgIpc) is 3.09. The number of carbonyl (C=O) groups excluding carboxylic acids is 3. The maximum atomic E-state index is 13.5. The molecule has 268 valence electrons. The van der Waals surface area contributed by atoms with Gasteiger partial charge >= 0.3 is 11.9 Å². The quantitative estimate of drug-likeness (QED) is 0.0820. The highest BCUT2D eigenvalue weighted by Crippen LogP contribution is 2.61. The van der Waals surface area contributed by atoms with Crippen molar-refractivity contribution >= 4 is 29.9 Å². The van der Waals surface area contributed by atoms with E-state index in [0.717, 1.165) is 44.6 Å². The van der Waals surface area contributed by atoms with Gasteiger partial charge in [-0.25, -0.2) is 0 Å². The number of ether oxygens (including phenoxy) is 4. The molecule has 8 fully saturated rings. The molecule has 0 amide bonds. The first-order chi connectivity index (χ1) is 24.6. The molecule has 51 heavy (non-hydrogen) atoms. The first-order valence-electron chi connectivity index (χ1n) is 18.7. The standard InChI is InChI=1S/C43H48O8/c1-48-38-17-26(5-9-36(38)50-40(46)42-20-28-11-29(21-42)13-30(12-28)22-42)3-7-34(44)19-35(45)8-4-27-6-10-37(39(18-27)49-2)51-41(47)43-23-31-14-32(24-43)16-33(15-31)25-43/h3-10,17-19,28-33,44H,11-16,20-25H2,1-2H3/b7-3+,8-4+,34-19-. The number of allylic oxidation sites excluding steroid dienone is 3. The molecule has 8 heteroatoms. The molecule has 8 saturated carbocycles. The van der Waals surface area contributed by atoms with E-state index in [4.69, 9.17) is 18.9 Å². The second-order valence-electron chi connectivity index (χ2n) is 16.6. The number of hydrogen-bond donors (Lipinski definition) is 1. The van der Waals surface area contributed by atoms with Crippen LogP contribution in [0.3, 0.4) is 0 Å². The minimum atomic E-state index is -0.405. The van der Waals surface area contributed by atoms with Crippen LogP contribution in [-0.4, -0.2) is 37.0 Å². The average molecular weight is 693 g/mol. The van der Waals surface area contributed by atoms with E-state index in [1.54, 1.807) is 48.6 Å². The van der Waals surface area contributed by atoms with Gasteiger partial charge in [0.15, 0.2) is 28.8 Å². The summed E-state index contributed by atoms with van der Waals surface area (Å²) < 4.78 is 23.0. The molecule has 0 spiro atoms. The Labute approximate surface area is 299 Å². The lowest BCUT2D eigenvalue weighted by molar-refractivity contribution is -0.162. The first kappa shape index (κ1) is 33.8. The molecule has 0 aromatic heterocycles. The predicted molar refractivity (Wildman–Crippen MR) is 192 cm³/mol. The molecule has 0 heterocycles. The van der Waals surface area contributed by atoms with Gasteiger partial charge in [-0.05, 0) is 160 Å². The second-order valence-corrected chi connectivity index (χ2v) is 16.6. The zero-order chi connectivity index (χ0) is 35.3. The third-order valence-corrected chi connectivity index (χ3v) is 12.9. The Balaban J connectivity index is 0.873.